The van der Waals surface area contributed by atoms with Gasteiger partial charge in [0.15, 0.2) is 0 Å². The fourth-order valence-electron chi connectivity index (χ4n) is 3.21. The Bertz CT molecular complexity index is 472. The van der Waals surface area contributed by atoms with Crippen molar-refractivity contribution in [3.05, 3.63) is 35.1 Å². The minimum Gasteiger partial charge on any atom is -0.311 e. The van der Waals surface area contributed by atoms with Gasteiger partial charge in [-0.3, -0.25) is 4.90 Å². The van der Waals surface area contributed by atoms with Crippen molar-refractivity contribution in [2.45, 2.75) is 59.2 Å². The number of aryl methyl sites for hydroxylation is 1. The summed E-state index contributed by atoms with van der Waals surface area (Å²) in [6.45, 7) is 12.8. The lowest BCUT2D eigenvalue weighted by atomic mass is 9.95. The lowest BCUT2D eigenvalue weighted by molar-refractivity contribution is 0.0735. The van der Waals surface area contributed by atoms with Crippen molar-refractivity contribution < 1.29 is 4.39 Å². The molecule has 1 aromatic carbocycles. The highest BCUT2D eigenvalue weighted by molar-refractivity contribution is 5.25. The number of rotatable bonds is 4. The van der Waals surface area contributed by atoms with Crippen LogP contribution < -0.4 is 5.32 Å². The Morgan fingerprint density at radius 2 is 2.05 bits per heavy atom. The van der Waals surface area contributed by atoms with Gasteiger partial charge in [0.1, 0.15) is 5.82 Å². The van der Waals surface area contributed by atoms with Crippen LogP contribution in [0.25, 0.3) is 0 Å². The highest BCUT2D eigenvalue weighted by Gasteiger charge is 2.31. The summed E-state index contributed by atoms with van der Waals surface area (Å²) in [5.41, 5.74) is 1.80. The Morgan fingerprint density at radius 1 is 1.33 bits per heavy atom. The maximum Gasteiger partial charge on any atom is 0.126 e. The van der Waals surface area contributed by atoms with Crippen LogP contribution in [0.1, 0.15) is 51.3 Å². The van der Waals surface area contributed by atoms with Gasteiger partial charge in [0.05, 0.1) is 0 Å². The van der Waals surface area contributed by atoms with Crippen molar-refractivity contribution in [3.63, 3.8) is 0 Å². The molecule has 1 saturated heterocycles. The van der Waals surface area contributed by atoms with E-state index >= 15 is 0 Å². The third-order valence-corrected chi connectivity index (χ3v) is 4.94. The highest BCUT2D eigenvalue weighted by atomic mass is 19.1. The first-order valence-corrected chi connectivity index (χ1v) is 8.19. The van der Waals surface area contributed by atoms with E-state index in [1.807, 2.05) is 13.0 Å². The molecule has 21 heavy (non-hydrogen) atoms. The van der Waals surface area contributed by atoms with Crippen molar-refractivity contribution >= 4 is 0 Å². The molecule has 1 aliphatic rings. The molecule has 1 aromatic rings. The van der Waals surface area contributed by atoms with Gasteiger partial charge in [-0.1, -0.05) is 32.9 Å². The van der Waals surface area contributed by atoms with E-state index in [4.69, 9.17) is 0 Å². The monoisotopic (exact) mass is 292 g/mol. The van der Waals surface area contributed by atoms with E-state index in [0.717, 1.165) is 30.6 Å². The molecule has 2 nitrogen and oxygen atoms in total. The van der Waals surface area contributed by atoms with Crippen LogP contribution in [-0.2, 0) is 0 Å². The minimum absolute atomic E-state index is 0.0945. The van der Waals surface area contributed by atoms with Gasteiger partial charge in [0, 0.05) is 31.2 Å². The Morgan fingerprint density at radius 3 is 2.62 bits per heavy atom. The summed E-state index contributed by atoms with van der Waals surface area (Å²) < 4.78 is 13.9. The van der Waals surface area contributed by atoms with E-state index in [-0.39, 0.29) is 11.9 Å². The number of piperazine rings is 1. The van der Waals surface area contributed by atoms with Crippen molar-refractivity contribution in [1.29, 1.82) is 0 Å². The van der Waals surface area contributed by atoms with E-state index in [9.17, 15) is 4.39 Å². The molecule has 0 aliphatic carbocycles. The van der Waals surface area contributed by atoms with Gasteiger partial charge >= 0.3 is 0 Å². The standard InChI is InChI=1S/C18H29FN2/c1-6-16-10-20-18(12(2)3)11-21(16)14(5)15-8-7-13(4)17(19)9-15/h7-9,12,14,16,18,20H,6,10-11H2,1-5H3. The van der Waals surface area contributed by atoms with Gasteiger partial charge in [-0.15, -0.1) is 0 Å². The summed E-state index contributed by atoms with van der Waals surface area (Å²) in [5.74, 6) is 0.523. The predicted octanol–water partition coefficient (Wildman–Crippen LogP) is 3.90. The van der Waals surface area contributed by atoms with Crippen LogP contribution in [0.2, 0.25) is 0 Å². The number of halogens is 1. The topological polar surface area (TPSA) is 15.3 Å². The quantitative estimate of drug-likeness (QED) is 0.905. The maximum absolute atomic E-state index is 13.9. The smallest absolute Gasteiger partial charge is 0.126 e. The second-order valence-electron chi connectivity index (χ2n) is 6.70. The zero-order chi connectivity index (χ0) is 15.6. The maximum atomic E-state index is 13.9. The first-order chi connectivity index (χ1) is 9.93. The van der Waals surface area contributed by atoms with Crippen LogP contribution in [0, 0.1) is 18.7 Å². The molecule has 0 bridgehead atoms. The van der Waals surface area contributed by atoms with E-state index in [1.165, 1.54) is 0 Å². The third-order valence-electron chi connectivity index (χ3n) is 4.94. The number of hydrogen-bond acceptors (Lipinski definition) is 2. The van der Waals surface area contributed by atoms with E-state index in [1.54, 1.807) is 6.07 Å². The van der Waals surface area contributed by atoms with Gasteiger partial charge in [-0.05, 0) is 43.4 Å². The Labute approximate surface area is 128 Å². The summed E-state index contributed by atoms with van der Waals surface area (Å²) in [6, 6.07) is 6.98. The molecule has 0 saturated carbocycles. The SMILES string of the molecule is CCC1CNC(C(C)C)CN1C(C)c1ccc(C)c(F)c1. The highest BCUT2D eigenvalue weighted by Crippen LogP contribution is 2.28. The molecule has 3 heteroatoms. The first kappa shape index (κ1) is 16.4. The zero-order valence-corrected chi connectivity index (χ0v) is 14.0. The van der Waals surface area contributed by atoms with Crippen molar-refractivity contribution in [1.82, 2.24) is 10.2 Å². The molecule has 0 spiro atoms. The molecular weight excluding hydrogens is 263 g/mol. The predicted molar refractivity (Wildman–Crippen MR) is 87.0 cm³/mol. The van der Waals surface area contributed by atoms with Crippen molar-refractivity contribution in [3.8, 4) is 0 Å². The number of benzene rings is 1. The number of nitrogens with one attached hydrogen (secondary N) is 1. The second-order valence-corrected chi connectivity index (χ2v) is 6.70. The summed E-state index contributed by atoms with van der Waals surface area (Å²) in [6.07, 6.45) is 1.12. The lowest BCUT2D eigenvalue weighted by Gasteiger charge is -2.45. The minimum atomic E-state index is -0.0945. The third kappa shape index (κ3) is 3.64. The number of hydrogen-bond donors (Lipinski definition) is 1. The Balaban J connectivity index is 2.20. The summed E-state index contributed by atoms with van der Waals surface area (Å²) in [7, 11) is 0. The lowest BCUT2D eigenvalue weighted by Crippen LogP contribution is -2.58. The van der Waals surface area contributed by atoms with Crippen molar-refractivity contribution in [2.75, 3.05) is 13.1 Å². The molecule has 1 heterocycles. The molecule has 2 rings (SSSR count). The Kier molecular flexibility index (Phi) is 5.39. The fourth-order valence-corrected chi connectivity index (χ4v) is 3.21. The van der Waals surface area contributed by atoms with Crippen LogP contribution >= 0.6 is 0 Å². The van der Waals surface area contributed by atoms with E-state index in [0.29, 0.717) is 18.0 Å². The van der Waals surface area contributed by atoms with Gasteiger partial charge in [-0.2, -0.15) is 0 Å². The average molecular weight is 292 g/mol. The summed E-state index contributed by atoms with van der Waals surface area (Å²) in [4.78, 5) is 2.55. The summed E-state index contributed by atoms with van der Waals surface area (Å²) >= 11 is 0. The molecule has 0 radical (unpaired) electrons. The molecule has 0 aromatic heterocycles. The van der Waals surface area contributed by atoms with Crippen molar-refractivity contribution in [2.24, 2.45) is 5.92 Å². The molecule has 0 amide bonds. The molecule has 118 valence electrons. The largest absolute Gasteiger partial charge is 0.311 e. The summed E-state index contributed by atoms with van der Waals surface area (Å²) in [5, 5.41) is 3.66. The Hall–Kier alpha value is -0.930. The molecule has 1 aliphatic heterocycles. The molecule has 3 atom stereocenters. The fraction of sp³-hybridized carbons (Fsp3) is 0.667. The van der Waals surface area contributed by atoms with Gasteiger partial charge in [0.25, 0.3) is 0 Å². The number of nitrogens with zero attached hydrogens (tertiary/aromatic N) is 1. The van der Waals surface area contributed by atoms with Gasteiger partial charge in [0.2, 0.25) is 0 Å². The molecular formula is C18H29FN2. The van der Waals surface area contributed by atoms with Crippen LogP contribution in [0.15, 0.2) is 18.2 Å². The van der Waals surface area contributed by atoms with Gasteiger partial charge < -0.3 is 5.32 Å². The molecule has 1 fully saturated rings. The van der Waals surface area contributed by atoms with Crippen LogP contribution in [0.3, 0.4) is 0 Å². The zero-order valence-electron chi connectivity index (χ0n) is 14.0. The molecule has 1 N–H and O–H groups in total. The average Bonchev–Trinajstić information content (AvgIpc) is 2.48. The van der Waals surface area contributed by atoms with Gasteiger partial charge in [-0.25, -0.2) is 4.39 Å². The van der Waals surface area contributed by atoms with E-state index < -0.39 is 0 Å². The second kappa shape index (κ2) is 6.89. The van der Waals surface area contributed by atoms with Crippen LogP contribution in [0.5, 0.6) is 0 Å². The van der Waals surface area contributed by atoms with E-state index in [2.05, 4.69) is 44.0 Å². The normalized spacial score (nSPS) is 25.3. The van der Waals surface area contributed by atoms with Crippen LogP contribution in [-0.4, -0.2) is 30.1 Å². The van der Waals surface area contributed by atoms with Crippen LogP contribution in [0.4, 0.5) is 4.39 Å². The first-order valence-electron chi connectivity index (χ1n) is 8.19. The molecule has 3 unspecified atom stereocenters.